The van der Waals surface area contributed by atoms with Gasteiger partial charge in [0.25, 0.3) is 5.91 Å². The number of carbonyl (C=O) groups is 1. The summed E-state index contributed by atoms with van der Waals surface area (Å²) >= 11 is 0. The van der Waals surface area contributed by atoms with Gasteiger partial charge in [-0.3, -0.25) is 9.89 Å². The number of likely N-dealkylation sites (tertiary alicyclic amines) is 1. The molecule has 15 heavy (non-hydrogen) atoms. The first-order valence-corrected chi connectivity index (χ1v) is 5.12. The summed E-state index contributed by atoms with van der Waals surface area (Å²) < 4.78 is 5.25. The highest BCUT2D eigenvalue weighted by Gasteiger charge is 2.23. The third-order valence-corrected chi connectivity index (χ3v) is 2.81. The highest BCUT2D eigenvalue weighted by molar-refractivity contribution is 5.93. The molecule has 0 aromatic carbocycles. The summed E-state index contributed by atoms with van der Waals surface area (Å²) in [7, 11) is 1.72. The molecule has 1 aliphatic rings. The molecule has 82 valence electrons. The Morgan fingerprint density at radius 3 is 2.87 bits per heavy atom. The van der Waals surface area contributed by atoms with Crippen LogP contribution in [0.5, 0.6) is 0 Å². The van der Waals surface area contributed by atoms with Crippen LogP contribution in [0.4, 0.5) is 0 Å². The first-order chi connectivity index (χ1) is 7.31. The number of ether oxygens (including phenoxy) is 1. The van der Waals surface area contributed by atoms with Gasteiger partial charge >= 0.3 is 0 Å². The van der Waals surface area contributed by atoms with Crippen LogP contribution in [0.1, 0.15) is 23.2 Å². The second-order valence-electron chi connectivity index (χ2n) is 3.71. The van der Waals surface area contributed by atoms with Gasteiger partial charge in [0, 0.05) is 26.4 Å². The van der Waals surface area contributed by atoms with Crippen LogP contribution in [0, 0.1) is 0 Å². The van der Waals surface area contributed by atoms with E-state index in [0.717, 1.165) is 25.9 Å². The molecule has 1 fully saturated rings. The molecular weight excluding hydrogens is 194 g/mol. The van der Waals surface area contributed by atoms with Crippen molar-refractivity contribution in [1.29, 1.82) is 0 Å². The van der Waals surface area contributed by atoms with Crippen LogP contribution in [0.15, 0.2) is 12.4 Å². The topological polar surface area (TPSA) is 58.2 Å². The quantitative estimate of drug-likeness (QED) is 0.778. The number of hydrogen-bond donors (Lipinski definition) is 1. The van der Waals surface area contributed by atoms with E-state index >= 15 is 0 Å². The fraction of sp³-hybridized carbons (Fsp3) is 0.600. The van der Waals surface area contributed by atoms with E-state index < -0.39 is 0 Å². The second-order valence-corrected chi connectivity index (χ2v) is 3.71. The summed E-state index contributed by atoms with van der Waals surface area (Å²) in [6, 6.07) is 0. The summed E-state index contributed by atoms with van der Waals surface area (Å²) in [6.45, 7) is 1.53. The molecule has 1 aromatic heterocycles. The molecule has 0 radical (unpaired) electrons. The average Bonchev–Trinajstić information content (AvgIpc) is 2.82. The third kappa shape index (κ3) is 2.18. The van der Waals surface area contributed by atoms with Crippen LogP contribution in [-0.4, -0.2) is 47.3 Å². The molecule has 0 bridgehead atoms. The van der Waals surface area contributed by atoms with Gasteiger partial charge in [-0.2, -0.15) is 5.10 Å². The summed E-state index contributed by atoms with van der Waals surface area (Å²) in [4.78, 5) is 13.7. The van der Waals surface area contributed by atoms with Crippen molar-refractivity contribution in [2.45, 2.75) is 18.9 Å². The molecule has 1 N–H and O–H groups in total. The fourth-order valence-corrected chi connectivity index (χ4v) is 1.85. The van der Waals surface area contributed by atoms with Crippen LogP contribution in [0.25, 0.3) is 0 Å². The Labute approximate surface area is 88.4 Å². The SMILES string of the molecule is COC1CCN(C(=O)c2cn[nH]c2)CC1. The molecule has 5 nitrogen and oxygen atoms in total. The second kappa shape index (κ2) is 4.44. The van der Waals surface area contributed by atoms with Crippen molar-refractivity contribution in [3.05, 3.63) is 18.0 Å². The highest BCUT2D eigenvalue weighted by atomic mass is 16.5. The summed E-state index contributed by atoms with van der Waals surface area (Å²) in [6.07, 6.45) is 5.33. The van der Waals surface area contributed by atoms with Gasteiger partial charge in [-0.15, -0.1) is 0 Å². The van der Waals surface area contributed by atoms with Crippen LogP contribution >= 0.6 is 0 Å². The number of nitrogens with one attached hydrogen (secondary N) is 1. The molecule has 0 aliphatic carbocycles. The number of amides is 1. The Hall–Kier alpha value is -1.36. The van der Waals surface area contributed by atoms with E-state index in [1.165, 1.54) is 0 Å². The summed E-state index contributed by atoms with van der Waals surface area (Å²) in [5.74, 6) is 0.0540. The maximum atomic E-state index is 11.9. The Morgan fingerprint density at radius 2 is 2.33 bits per heavy atom. The lowest BCUT2D eigenvalue weighted by Crippen LogP contribution is -2.40. The molecule has 2 heterocycles. The largest absolute Gasteiger partial charge is 0.381 e. The van der Waals surface area contributed by atoms with Crippen molar-refractivity contribution in [3.63, 3.8) is 0 Å². The maximum absolute atomic E-state index is 11.9. The van der Waals surface area contributed by atoms with Crippen molar-refractivity contribution in [2.75, 3.05) is 20.2 Å². The Bertz CT molecular complexity index is 315. The molecule has 1 amide bonds. The van der Waals surface area contributed by atoms with Gasteiger partial charge in [-0.1, -0.05) is 0 Å². The number of aromatic nitrogens is 2. The minimum Gasteiger partial charge on any atom is -0.381 e. The van der Waals surface area contributed by atoms with Crippen molar-refractivity contribution in [3.8, 4) is 0 Å². The number of piperidine rings is 1. The van der Waals surface area contributed by atoms with Crippen LogP contribution in [-0.2, 0) is 4.74 Å². The number of rotatable bonds is 2. The number of aromatic amines is 1. The predicted molar refractivity (Wildman–Crippen MR) is 54.5 cm³/mol. The van der Waals surface area contributed by atoms with Crippen LogP contribution in [0.2, 0.25) is 0 Å². The molecule has 0 unspecified atom stereocenters. The number of hydrogen-bond acceptors (Lipinski definition) is 3. The molecule has 0 atom stereocenters. The van der Waals surface area contributed by atoms with Crippen LogP contribution in [0.3, 0.4) is 0 Å². The van der Waals surface area contributed by atoms with Crippen molar-refractivity contribution < 1.29 is 9.53 Å². The molecule has 1 aliphatic heterocycles. The van der Waals surface area contributed by atoms with Crippen LogP contribution < -0.4 is 0 Å². The van der Waals surface area contributed by atoms with Gasteiger partial charge in [0.2, 0.25) is 0 Å². The normalized spacial score (nSPS) is 18.1. The predicted octanol–water partition coefficient (Wildman–Crippen LogP) is 0.661. The van der Waals surface area contributed by atoms with E-state index in [1.807, 2.05) is 4.90 Å². The average molecular weight is 209 g/mol. The van der Waals surface area contributed by atoms with Crippen molar-refractivity contribution >= 4 is 5.91 Å². The Balaban J connectivity index is 1.93. The number of carbonyl (C=O) groups excluding carboxylic acids is 1. The zero-order chi connectivity index (χ0) is 10.7. The minimum absolute atomic E-state index is 0.0540. The fourth-order valence-electron chi connectivity index (χ4n) is 1.85. The lowest BCUT2D eigenvalue weighted by atomic mass is 10.1. The van der Waals surface area contributed by atoms with Gasteiger partial charge in [0.05, 0.1) is 17.9 Å². The Kier molecular flexibility index (Phi) is 3.01. The van der Waals surface area contributed by atoms with Gasteiger partial charge in [0.15, 0.2) is 0 Å². The van der Waals surface area contributed by atoms with E-state index in [4.69, 9.17) is 4.74 Å². The van der Waals surface area contributed by atoms with Crippen molar-refractivity contribution in [1.82, 2.24) is 15.1 Å². The van der Waals surface area contributed by atoms with E-state index in [9.17, 15) is 4.79 Å². The summed E-state index contributed by atoms with van der Waals surface area (Å²) in [5, 5.41) is 6.42. The zero-order valence-corrected chi connectivity index (χ0v) is 8.77. The molecule has 0 saturated carbocycles. The zero-order valence-electron chi connectivity index (χ0n) is 8.77. The van der Waals surface area contributed by atoms with E-state index in [0.29, 0.717) is 11.7 Å². The molecule has 2 rings (SSSR count). The molecule has 1 saturated heterocycles. The van der Waals surface area contributed by atoms with Crippen molar-refractivity contribution in [2.24, 2.45) is 0 Å². The molecule has 0 spiro atoms. The minimum atomic E-state index is 0.0540. The lowest BCUT2D eigenvalue weighted by molar-refractivity contribution is 0.0351. The van der Waals surface area contributed by atoms with Gasteiger partial charge < -0.3 is 9.64 Å². The number of H-pyrrole nitrogens is 1. The lowest BCUT2D eigenvalue weighted by Gasteiger charge is -2.30. The first-order valence-electron chi connectivity index (χ1n) is 5.12. The monoisotopic (exact) mass is 209 g/mol. The van der Waals surface area contributed by atoms with Gasteiger partial charge in [-0.25, -0.2) is 0 Å². The first kappa shape index (κ1) is 10.2. The maximum Gasteiger partial charge on any atom is 0.257 e. The molecule has 5 heteroatoms. The number of nitrogens with zero attached hydrogens (tertiary/aromatic N) is 2. The Morgan fingerprint density at radius 1 is 1.60 bits per heavy atom. The molecule has 1 aromatic rings. The standard InChI is InChI=1S/C10H15N3O2/c1-15-9-2-4-13(5-3-9)10(14)8-6-11-12-7-8/h6-7,9H,2-5H2,1H3,(H,11,12). The van der Waals surface area contributed by atoms with Gasteiger partial charge in [0.1, 0.15) is 0 Å². The molecular formula is C10H15N3O2. The van der Waals surface area contributed by atoms with E-state index in [2.05, 4.69) is 10.2 Å². The smallest absolute Gasteiger partial charge is 0.257 e. The third-order valence-electron chi connectivity index (χ3n) is 2.81. The highest BCUT2D eigenvalue weighted by Crippen LogP contribution is 2.14. The number of methoxy groups -OCH3 is 1. The van der Waals surface area contributed by atoms with E-state index in [1.54, 1.807) is 19.5 Å². The van der Waals surface area contributed by atoms with E-state index in [-0.39, 0.29) is 5.91 Å². The van der Waals surface area contributed by atoms with Gasteiger partial charge in [-0.05, 0) is 12.8 Å². The summed E-state index contributed by atoms with van der Waals surface area (Å²) in [5.41, 5.74) is 0.630.